The SMILES string of the molecule is NCc1cc(CS(=O)(=O)c2ccc(Cl)cc2)ccn1. The first-order chi connectivity index (χ1) is 9.01. The van der Waals surface area contributed by atoms with Gasteiger partial charge < -0.3 is 5.73 Å². The van der Waals surface area contributed by atoms with Crippen LogP contribution >= 0.6 is 11.6 Å². The summed E-state index contributed by atoms with van der Waals surface area (Å²) >= 11 is 5.74. The van der Waals surface area contributed by atoms with E-state index >= 15 is 0 Å². The van der Waals surface area contributed by atoms with E-state index in [1.54, 1.807) is 30.5 Å². The minimum atomic E-state index is -3.38. The molecule has 6 heteroatoms. The second-order valence-corrected chi connectivity index (χ2v) is 6.50. The fourth-order valence-electron chi connectivity index (χ4n) is 1.67. The van der Waals surface area contributed by atoms with Crippen LogP contribution in [0.4, 0.5) is 0 Å². The summed E-state index contributed by atoms with van der Waals surface area (Å²) in [6.45, 7) is 0.287. The van der Waals surface area contributed by atoms with E-state index < -0.39 is 9.84 Å². The first kappa shape index (κ1) is 14.0. The molecule has 19 heavy (non-hydrogen) atoms. The van der Waals surface area contributed by atoms with Gasteiger partial charge in [-0.3, -0.25) is 4.98 Å². The van der Waals surface area contributed by atoms with Crippen molar-refractivity contribution in [2.75, 3.05) is 0 Å². The van der Waals surface area contributed by atoms with Crippen molar-refractivity contribution in [3.63, 3.8) is 0 Å². The molecule has 0 fully saturated rings. The van der Waals surface area contributed by atoms with Crippen LogP contribution in [0.25, 0.3) is 0 Å². The lowest BCUT2D eigenvalue weighted by atomic mass is 10.2. The number of benzene rings is 1. The number of halogens is 1. The molecule has 2 N–H and O–H groups in total. The van der Waals surface area contributed by atoms with E-state index in [1.807, 2.05) is 0 Å². The Morgan fingerprint density at radius 3 is 2.47 bits per heavy atom. The predicted molar refractivity (Wildman–Crippen MR) is 74.5 cm³/mol. The van der Waals surface area contributed by atoms with Crippen molar-refractivity contribution in [3.05, 3.63) is 58.9 Å². The van der Waals surface area contributed by atoms with Crippen molar-refractivity contribution in [2.45, 2.75) is 17.2 Å². The topological polar surface area (TPSA) is 73.1 Å². The second-order valence-electron chi connectivity index (χ2n) is 4.07. The third kappa shape index (κ3) is 3.53. The lowest BCUT2D eigenvalue weighted by molar-refractivity contribution is 0.595. The Balaban J connectivity index is 2.28. The van der Waals surface area contributed by atoms with Gasteiger partial charge in [0.2, 0.25) is 0 Å². The van der Waals surface area contributed by atoms with Crippen LogP contribution in [0.3, 0.4) is 0 Å². The summed E-state index contributed by atoms with van der Waals surface area (Å²) < 4.78 is 24.4. The molecule has 0 unspecified atom stereocenters. The van der Waals surface area contributed by atoms with Crippen molar-refractivity contribution >= 4 is 21.4 Å². The highest BCUT2D eigenvalue weighted by Gasteiger charge is 2.15. The average molecular weight is 297 g/mol. The van der Waals surface area contributed by atoms with Crippen LogP contribution in [-0.2, 0) is 22.1 Å². The van der Waals surface area contributed by atoms with Gasteiger partial charge in [0.1, 0.15) is 0 Å². The molecule has 2 rings (SSSR count). The first-order valence-electron chi connectivity index (χ1n) is 5.63. The zero-order chi connectivity index (χ0) is 13.9. The van der Waals surface area contributed by atoms with Crippen molar-refractivity contribution in [1.82, 2.24) is 4.98 Å². The summed E-state index contributed by atoms with van der Waals surface area (Å²) in [5.41, 5.74) is 6.83. The van der Waals surface area contributed by atoms with E-state index in [2.05, 4.69) is 4.98 Å². The van der Waals surface area contributed by atoms with Crippen LogP contribution < -0.4 is 5.73 Å². The minimum Gasteiger partial charge on any atom is -0.325 e. The molecule has 1 heterocycles. The minimum absolute atomic E-state index is 0.0792. The molecule has 0 saturated carbocycles. The van der Waals surface area contributed by atoms with Gasteiger partial charge in [-0.05, 0) is 42.0 Å². The second kappa shape index (κ2) is 5.69. The van der Waals surface area contributed by atoms with Gasteiger partial charge in [-0.15, -0.1) is 0 Å². The highest BCUT2D eigenvalue weighted by molar-refractivity contribution is 7.90. The summed E-state index contributed by atoms with van der Waals surface area (Å²) in [6, 6.07) is 9.50. The Bertz CT molecular complexity index is 669. The molecule has 1 aromatic carbocycles. The largest absolute Gasteiger partial charge is 0.325 e. The van der Waals surface area contributed by atoms with Gasteiger partial charge >= 0.3 is 0 Å². The summed E-state index contributed by atoms with van der Waals surface area (Å²) in [5, 5.41) is 0.508. The van der Waals surface area contributed by atoms with Crippen LogP contribution in [0.5, 0.6) is 0 Å². The van der Waals surface area contributed by atoms with Crippen LogP contribution in [0.15, 0.2) is 47.5 Å². The molecule has 0 bridgehead atoms. The van der Waals surface area contributed by atoms with Crippen molar-refractivity contribution in [2.24, 2.45) is 5.73 Å². The van der Waals surface area contributed by atoms with Crippen LogP contribution in [0.2, 0.25) is 5.02 Å². The van der Waals surface area contributed by atoms with Crippen LogP contribution in [0, 0.1) is 0 Å². The van der Waals surface area contributed by atoms with Crippen molar-refractivity contribution in [1.29, 1.82) is 0 Å². The maximum Gasteiger partial charge on any atom is 0.182 e. The normalized spacial score (nSPS) is 11.5. The fraction of sp³-hybridized carbons (Fsp3) is 0.154. The number of pyridine rings is 1. The van der Waals surface area contributed by atoms with Gasteiger partial charge in [-0.2, -0.15) is 0 Å². The number of sulfone groups is 1. The molecular formula is C13H13ClN2O2S. The van der Waals surface area contributed by atoms with E-state index in [1.165, 1.54) is 12.1 Å². The maximum atomic E-state index is 12.2. The monoisotopic (exact) mass is 296 g/mol. The van der Waals surface area contributed by atoms with Gasteiger partial charge in [0.05, 0.1) is 16.3 Å². The van der Waals surface area contributed by atoms with E-state index in [-0.39, 0.29) is 17.2 Å². The molecule has 0 aliphatic heterocycles. The van der Waals surface area contributed by atoms with Gasteiger partial charge in [0, 0.05) is 17.8 Å². The maximum absolute atomic E-state index is 12.2. The number of nitrogens with two attached hydrogens (primary N) is 1. The Labute approximate surface area is 117 Å². The molecule has 0 aliphatic carbocycles. The quantitative estimate of drug-likeness (QED) is 0.938. The zero-order valence-corrected chi connectivity index (χ0v) is 11.7. The summed E-state index contributed by atoms with van der Waals surface area (Å²) in [6.07, 6.45) is 1.56. The standard InChI is InChI=1S/C13H13ClN2O2S/c14-11-1-3-13(4-2-11)19(17,18)9-10-5-6-16-12(7-10)8-15/h1-7H,8-9,15H2. The molecule has 0 spiro atoms. The molecule has 4 nitrogen and oxygen atoms in total. The highest BCUT2D eigenvalue weighted by Crippen LogP contribution is 2.19. The first-order valence-corrected chi connectivity index (χ1v) is 7.66. The average Bonchev–Trinajstić information content (AvgIpc) is 2.39. The Morgan fingerprint density at radius 2 is 1.84 bits per heavy atom. The summed E-state index contributed by atoms with van der Waals surface area (Å²) in [7, 11) is -3.38. The van der Waals surface area contributed by atoms with Crippen molar-refractivity contribution in [3.8, 4) is 0 Å². The third-order valence-electron chi connectivity index (χ3n) is 2.62. The molecule has 0 radical (unpaired) electrons. The summed E-state index contributed by atoms with van der Waals surface area (Å²) in [4.78, 5) is 4.29. The molecule has 0 saturated heterocycles. The van der Waals surface area contributed by atoms with Gasteiger partial charge in [0.15, 0.2) is 9.84 Å². The Hall–Kier alpha value is -1.43. The molecule has 2 aromatic rings. The lowest BCUT2D eigenvalue weighted by Gasteiger charge is -2.06. The third-order valence-corrected chi connectivity index (χ3v) is 4.58. The van der Waals surface area contributed by atoms with Crippen molar-refractivity contribution < 1.29 is 8.42 Å². The fourth-order valence-corrected chi connectivity index (χ4v) is 3.14. The molecular weight excluding hydrogens is 284 g/mol. The summed E-state index contributed by atoms with van der Waals surface area (Å²) in [5.74, 6) is -0.0792. The molecule has 1 aromatic heterocycles. The zero-order valence-electron chi connectivity index (χ0n) is 10.1. The number of aromatic nitrogens is 1. The van der Waals surface area contributed by atoms with E-state index in [0.29, 0.717) is 16.3 Å². The lowest BCUT2D eigenvalue weighted by Crippen LogP contribution is -2.06. The molecule has 100 valence electrons. The Morgan fingerprint density at radius 1 is 1.16 bits per heavy atom. The van der Waals surface area contributed by atoms with Gasteiger partial charge in [-0.1, -0.05) is 11.6 Å². The van der Waals surface area contributed by atoms with Gasteiger partial charge in [0.25, 0.3) is 0 Å². The Kier molecular flexibility index (Phi) is 4.19. The van der Waals surface area contributed by atoms with Crippen LogP contribution in [-0.4, -0.2) is 13.4 Å². The molecule has 0 amide bonds. The number of rotatable bonds is 4. The molecule has 0 aliphatic rings. The predicted octanol–water partition coefficient (Wildman–Crippen LogP) is 2.17. The number of hydrogen-bond acceptors (Lipinski definition) is 4. The number of hydrogen-bond donors (Lipinski definition) is 1. The van der Waals surface area contributed by atoms with E-state index in [4.69, 9.17) is 17.3 Å². The highest BCUT2D eigenvalue weighted by atomic mass is 35.5. The van der Waals surface area contributed by atoms with E-state index in [9.17, 15) is 8.42 Å². The number of nitrogens with zero attached hydrogens (tertiary/aromatic N) is 1. The smallest absolute Gasteiger partial charge is 0.182 e. The van der Waals surface area contributed by atoms with Crippen LogP contribution in [0.1, 0.15) is 11.3 Å². The molecule has 0 atom stereocenters. The van der Waals surface area contributed by atoms with E-state index in [0.717, 1.165) is 0 Å². The van der Waals surface area contributed by atoms with Gasteiger partial charge in [-0.25, -0.2) is 8.42 Å².